The van der Waals surface area contributed by atoms with E-state index >= 15 is 0 Å². The Morgan fingerprint density at radius 2 is 2.11 bits per heavy atom. The molecule has 5 nitrogen and oxygen atoms in total. The molecule has 100 valence electrons. The van der Waals surface area contributed by atoms with Crippen molar-refractivity contribution in [1.29, 1.82) is 0 Å². The van der Waals surface area contributed by atoms with Crippen LogP contribution in [0.3, 0.4) is 0 Å². The lowest BCUT2D eigenvalue weighted by Gasteiger charge is -2.12. The highest BCUT2D eigenvalue weighted by Crippen LogP contribution is 2.45. The molecular formula is C14H15NO4. The minimum absolute atomic E-state index is 0.0418. The topological polar surface area (TPSA) is 68.5 Å². The van der Waals surface area contributed by atoms with Crippen molar-refractivity contribution in [1.82, 2.24) is 4.57 Å². The predicted octanol–water partition coefficient (Wildman–Crippen LogP) is 1.30. The summed E-state index contributed by atoms with van der Waals surface area (Å²) in [6, 6.07) is 0. The van der Waals surface area contributed by atoms with Gasteiger partial charge in [-0.1, -0.05) is 0 Å². The van der Waals surface area contributed by atoms with Gasteiger partial charge in [-0.25, -0.2) is 0 Å². The molecule has 0 spiro atoms. The molecule has 1 aromatic heterocycles. The molecule has 0 aromatic carbocycles. The average molecular weight is 261 g/mol. The van der Waals surface area contributed by atoms with E-state index in [1.807, 2.05) is 0 Å². The molecule has 0 radical (unpaired) electrons. The molecule has 0 unspecified atom stereocenters. The summed E-state index contributed by atoms with van der Waals surface area (Å²) < 4.78 is 6.72. The SMILES string of the molecule is COC1=CC(=O)c2c(c(CO)c(C3CC3)n2C)C1=O. The van der Waals surface area contributed by atoms with Gasteiger partial charge in [0.2, 0.25) is 11.6 Å². The van der Waals surface area contributed by atoms with Crippen LogP contribution in [0.25, 0.3) is 0 Å². The Kier molecular flexibility index (Phi) is 2.60. The molecule has 0 saturated heterocycles. The Bertz CT molecular complexity index is 620. The number of carbonyl (C=O) groups is 2. The molecular weight excluding hydrogens is 246 g/mol. The summed E-state index contributed by atoms with van der Waals surface area (Å²) in [5.74, 6) is -0.163. The number of Topliss-reactive ketones (excluding diaryl/α,β-unsaturated/α-hetero) is 1. The first-order valence-corrected chi connectivity index (χ1v) is 6.27. The molecule has 5 heteroatoms. The predicted molar refractivity (Wildman–Crippen MR) is 67.1 cm³/mol. The van der Waals surface area contributed by atoms with E-state index in [0.717, 1.165) is 18.5 Å². The fourth-order valence-electron chi connectivity index (χ4n) is 2.86. The van der Waals surface area contributed by atoms with Gasteiger partial charge < -0.3 is 14.4 Å². The Morgan fingerprint density at radius 3 is 2.63 bits per heavy atom. The number of ketones is 2. The number of rotatable bonds is 3. The third kappa shape index (κ3) is 1.58. The van der Waals surface area contributed by atoms with Crippen molar-refractivity contribution in [3.8, 4) is 0 Å². The number of allylic oxidation sites excluding steroid dienone is 2. The molecule has 19 heavy (non-hydrogen) atoms. The van der Waals surface area contributed by atoms with Crippen LogP contribution in [-0.4, -0.2) is 28.3 Å². The van der Waals surface area contributed by atoms with E-state index in [2.05, 4.69) is 0 Å². The van der Waals surface area contributed by atoms with Crippen LogP contribution in [-0.2, 0) is 18.4 Å². The van der Waals surface area contributed by atoms with E-state index in [0.29, 0.717) is 22.7 Å². The van der Waals surface area contributed by atoms with Crippen LogP contribution in [0, 0.1) is 0 Å². The molecule has 1 aromatic rings. The van der Waals surface area contributed by atoms with Gasteiger partial charge in [0.05, 0.1) is 19.3 Å². The molecule has 0 amide bonds. The number of hydrogen-bond acceptors (Lipinski definition) is 4. The number of nitrogens with zero attached hydrogens (tertiary/aromatic N) is 1. The first-order valence-electron chi connectivity index (χ1n) is 6.27. The molecule has 1 N–H and O–H groups in total. The van der Waals surface area contributed by atoms with Gasteiger partial charge >= 0.3 is 0 Å². The Morgan fingerprint density at radius 1 is 1.42 bits per heavy atom. The van der Waals surface area contributed by atoms with Crippen molar-refractivity contribution in [2.75, 3.05) is 7.11 Å². The third-order valence-corrected chi connectivity index (χ3v) is 3.83. The highest BCUT2D eigenvalue weighted by atomic mass is 16.5. The van der Waals surface area contributed by atoms with Gasteiger partial charge in [-0.2, -0.15) is 0 Å². The molecule has 1 saturated carbocycles. The van der Waals surface area contributed by atoms with Crippen molar-refractivity contribution in [3.05, 3.63) is 34.3 Å². The maximum atomic E-state index is 12.3. The molecule has 0 atom stereocenters. The maximum absolute atomic E-state index is 12.3. The van der Waals surface area contributed by atoms with Gasteiger partial charge in [-0.3, -0.25) is 9.59 Å². The van der Waals surface area contributed by atoms with Gasteiger partial charge in [0.1, 0.15) is 5.69 Å². The third-order valence-electron chi connectivity index (χ3n) is 3.83. The molecule has 3 rings (SSSR count). The highest BCUT2D eigenvalue weighted by Gasteiger charge is 2.39. The van der Waals surface area contributed by atoms with Crippen LogP contribution in [0.15, 0.2) is 11.8 Å². The van der Waals surface area contributed by atoms with Crippen molar-refractivity contribution < 1.29 is 19.4 Å². The monoisotopic (exact) mass is 261 g/mol. The molecule has 2 aliphatic rings. The van der Waals surface area contributed by atoms with Crippen molar-refractivity contribution in [3.63, 3.8) is 0 Å². The van der Waals surface area contributed by atoms with Gasteiger partial charge in [-0.15, -0.1) is 0 Å². The summed E-state index contributed by atoms with van der Waals surface area (Å²) in [6.07, 6.45) is 3.30. The lowest BCUT2D eigenvalue weighted by Crippen LogP contribution is -2.20. The molecule has 1 fully saturated rings. The first-order chi connectivity index (χ1) is 9.10. The second-order valence-corrected chi connectivity index (χ2v) is 4.98. The number of methoxy groups -OCH3 is 1. The van der Waals surface area contributed by atoms with Gasteiger partial charge in [0, 0.05) is 24.4 Å². The Hall–Kier alpha value is -1.88. The molecule has 1 heterocycles. The number of aliphatic hydroxyl groups excluding tert-OH is 1. The van der Waals surface area contributed by atoms with E-state index < -0.39 is 0 Å². The number of hydrogen-bond donors (Lipinski definition) is 1. The van der Waals surface area contributed by atoms with Gasteiger partial charge in [0.25, 0.3) is 0 Å². The van der Waals surface area contributed by atoms with Crippen molar-refractivity contribution in [2.24, 2.45) is 7.05 Å². The Balaban J connectivity index is 2.26. The number of carbonyl (C=O) groups excluding carboxylic acids is 2. The number of fused-ring (bicyclic) bond motifs is 1. The quantitative estimate of drug-likeness (QED) is 0.890. The second-order valence-electron chi connectivity index (χ2n) is 4.98. The zero-order valence-corrected chi connectivity index (χ0v) is 10.9. The van der Waals surface area contributed by atoms with Crippen LogP contribution < -0.4 is 0 Å². The average Bonchev–Trinajstić information content (AvgIpc) is 3.17. The van der Waals surface area contributed by atoms with Crippen LogP contribution in [0.2, 0.25) is 0 Å². The summed E-state index contributed by atoms with van der Waals surface area (Å²) in [5.41, 5.74) is 2.19. The van der Waals surface area contributed by atoms with Gasteiger partial charge in [-0.05, 0) is 18.8 Å². The number of aromatic nitrogens is 1. The summed E-state index contributed by atoms with van der Waals surface area (Å²) in [5, 5.41) is 9.59. The van der Waals surface area contributed by atoms with E-state index in [1.54, 1.807) is 11.6 Å². The lowest BCUT2D eigenvalue weighted by atomic mass is 9.96. The summed E-state index contributed by atoms with van der Waals surface area (Å²) in [4.78, 5) is 24.4. The Labute approximate surface area is 110 Å². The van der Waals surface area contributed by atoms with Crippen LogP contribution in [0.5, 0.6) is 0 Å². The molecule has 0 aliphatic heterocycles. The van der Waals surface area contributed by atoms with Crippen molar-refractivity contribution >= 4 is 11.6 Å². The minimum Gasteiger partial charge on any atom is -0.492 e. The lowest BCUT2D eigenvalue weighted by molar-refractivity contribution is 0.0911. The molecule has 2 aliphatic carbocycles. The highest BCUT2D eigenvalue weighted by molar-refractivity contribution is 6.24. The number of aliphatic hydroxyl groups is 1. The fraction of sp³-hybridized carbons (Fsp3) is 0.429. The second kappa shape index (κ2) is 4.06. The van der Waals surface area contributed by atoms with E-state index in [1.165, 1.54) is 13.2 Å². The van der Waals surface area contributed by atoms with Crippen LogP contribution in [0.1, 0.15) is 50.9 Å². The first kappa shape index (κ1) is 12.2. The number of ether oxygens (including phenoxy) is 1. The zero-order valence-electron chi connectivity index (χ0n) is 10.9. The molecule has 0 bridgehead atoms. The standard InChI is InChI=1S/C14H15NO4/c1-15-12(7-3-4-7)8(6-16)11-13(15)9(17)5-10(19-2)14(11)18/h5,7,16H,3-4,6H2,1-2H3. The summed E-state index contributed by atoms with van der Waals surface area (Å²) >= 11 is 0. The van der Waals surface area contributed by atoms with E-state index in [9.17, 15) is 14.7 Å². The largest absolute Gasteiger partial charge is 0.492 e. The summed E-state index contributed by atoms with van der Waals surface area (Å²) in [7, 11) is 3.15. The van der Waals surface area contributed by atoms with Crippen LogP contribution in [0.4, 0.5) is 0 Å². The summed E-state index contributed by atoms with van der Waals surface area (Å²) in [6.45, 7) is -0.231. The normalized spacial score (nSPS) is 18.4. The van der Waals surface area contributed by atoms with Gasteiger partial charge in [0.15, 0.2) is 5.76 Å². The van der Waals surface area contributed by atoms with E-state index in [4.69, 9.17) is 4.74 Å². The van der Waals surface area contributed by atoms with E-state index in [-0.39, 0.29) is 23.9 Å². The zero-order chi connectivity index (χ0) is 13.7. The fourth-order valence-corrected chi connectivity index (χ4v) is 2.86. The minimum atomic E-state index is -0.316. The maximum Gasteiger partial charge on any atom is 0.230 e. The van der Waals surface area contributed by atoms with Crippen molar-refractivity contribution in [2.45, 2.75) is 25.4 Å². The van der Waals surface area contributed by atoms with Crippen LogP contribution >= 0.6 is 0 Å². The smallest absolute Gasteiger partial charge is 0.230 e.